The molecule has 2 heterocycles. The quantitative estimate of drug-likeness (QED) is 0.0733. The summed E-state index contributed by atoms with van der Waals surface area (Å²) in [6, 6.07) is 8.94. The Bertz CT molecular complexity index is 1840. The maximum atomic E-state index is 15.7. The van der Waals surface area contributed by atoms with Gasteiger partial charge in [-0.3, -0.25) is 9.59 Å². The van der Waals surface area contributed by atoms with E-state index in [1.165, 1.54) is 59.4 Å². The molecule has 53 heavy (non-hydrogen) atoms. The van der Waals surface area contributed by atoms with E-state index in [2.05, 4.69) is 16.7 Å². The molecule has 1 fully saturated rings. The van der Waals surface area contributed by atoms with Gasteiger partial charge in [-0.05, 0) is 37.3 Å². The van der Waals surface area contributed by atoms with Gasteiger partial charge in [0.05, 0.1) is 36.6 Å². The highest BCUT2D eigenvalue weighted by molar-refractivity contribution is 8.00. The molecular formula is C37H37F3N4O8S. The molecule has 4 rings (SSSR count). The maximum absolute atomic E-state index is 15.7. The third-order valence-electron chi connectivity index (χ3n) is 7.80. The van der Waals surface area contributed by atoms with Gasteiger partial charge in [-0.15, -0.1) is 11.8 Å². The molecule has 2 aromatic carbocycles. The first-order valence-corrected chi connectivity index (χ1v) is 17.3. The molecule has 1 unspecified atom stereocenters. The van der Waals surface area contributed by atoms with Crippen molar-refractivity contribution in [3.63, 3.8) is 0 Å². The fourth-order valence-corrected chi connectivity index (χ4v) is 6.65. The maximum Gasteiger partial charge on any atom is 0.347 e. The van der Waals surface area contributed by atoms with Crippen molar-refractivity contribution in [3.05, 3.63) is 114 Å². The summed E-state index contributed by atoms with van der Waals surface area (Å²) in [4.78, 5) is 41.7. The second-order valence-corrected chi connectivity index (χ2v) is 13.3. The Hall–Kier alpha value is -5.24. The van der Waals surface area contributed by atoms with Gasteiger partial charge in [0.25, 0.3) is 0 Å². The lowest BCUT2D eigenvalue weighted by molar-refractivity contribution is -0.170. The molecule has 280 valence electrons. The van der Waals surface area contributed by atoms with Gasteiger partial charge in [0, 0.05) is 42.2 Å². The molecular weight excluding hydrogens is 717 g/mol. The number of thioether (sulfide) groups is 1. The highest BCUT2D eigenvalue weighted by atomic mass is 32.2. The number of benzene rings is 2. The largest absolute Gasteiger partial charge is 0.459 e. The van der Waals surface area contributed by atoms with Gasteiger partial charge in [0.1, 0.15) is 36.7 Å². The predicted molar refractivity (Wildman–Crippen MR) is 186 cm³/mol. The van der Waals surface area contributed by atoms with Crippen LogP contribution in [-0.2, 0) is 50.2 Å². The fourth-order valence-electron chi connectivity index (χ4n) is 5.29. The second-order valence-electron chi connectivity index (χ2n) is 11.7. The number of nitriles is 1. The molecule has 1 saturated heterocycles. The summed E-state index contributed by atoms with van der Waals surface area (Å²) >= 11 is 1.27. The van der Waals surface area contributed by atoms with Crippen molar-refractivity contribution in [1.29, 1.82) is 5.26 Å². The molecule has 0 bridgehead atoms. The topological polar surface area (TPSA) is 152 Å². The van der Waals surface area contributed by atoms with E-state index >= 15 is 4.39 Å². The lowest BCUT2D eigenvalue weighted by Crippen LogP contribution is -2.47. The van der Waals surface area contributed by atoms with Crippen LogP contribution in [0.5, 0.6) is 0 Å². The average molecular weight is 755 g/mol. The molecule has 0 N–H and O–H groups in total. The van der Waals surface area contributed by atoms with E-state index in [0.29, 0.717) is 11.6 Å². The molecule has 3 aromatic rings. The van der Waals surface area contributed by atoms with Gasteiger partial charge in [-0.1, -0.05) is 36.9 Å². The lowest BCUT2D eigenvalue weighted by Gasteiger charge is -2.40. The van der Waals surface area contributed by atoms with E-state index in [-0.39, 0.29) is 49.2 Å². The number of carbonyl (C=O) groups excluding carboxylic acids is 3. The third kappa shape index (κ3) is 11.6. The highest BCUT2D eigenvalue weighted by Crippen LogP contribution is 2.42. The van der Waals surface area contributed by atoms with Crippen molar-refractivity contribution < 1.29 is 51.2 Å². The highest BCUT2D eigenvalue weighted by Gasteiger charge is 2.47. The minimum atomic E-state index is -1.82. The molecule has 0 spiro atoms. The standard InChI is InChI=1S/C37H37F3N4O8S/c1-4-15-48-36(47)33(51-25(3)45)13-14-34(46)52-37(21-44-23-42-22-43-44,30-12-11-28(38)17-32(30)40)24(2)53-29-19-49-35(50-20-29)8-6-5-7-27-10-9-26(18-41)16-31(27)39/h4-12,16-17,22-24,29,33,35H,1,13-15,19-21H2,2-3H3/b7-5+,8-6+/t24-,29?,33?,35?,37-/m1/s1. The normalized spacial score (nSPS) is 18.1. The van der Waals surface area contributed by atoms with Crippen LogP contribution in [0.25, 0.3) is 6.08 Å². The van der Waals surface area contributed by atoms with Gasteiger partial charge < -0.3 is 23.7 Å². The van der Waals surface area contributed by atoms with E-state index in [0.717, 1.165) is 19.1 Å². The first-order valence-electron chi connectivity index (χ1n) is 16.3. The van der Waals surface area contributed by atoms with Crippen LogP contribution in [0.4, 0.5) is 13.2 Å². The zero-order chi connectivity index (χ0) is 38.4. The number of ether oxygens (including phenoxy) is 5. The zero-order valence-corrected chi connectivity index (χ0v) is 29.7. The molecule has 3 atom stereocenters. The molecule has 0 aliphatic carbocycles. The molecule has 1 aromatic heterocycles. The monoisotopic (exact) mass is 754 g/mol. The minimum absolute atomic E-state index is 0.145. The van der Waals surface area contributed by atoms with Crippen molar-refractivity contribution in [2.24, 2.45) is 0 Å². The Morgan fingerprint density at radius 2 is 1.92 bits per heavy atom. The molecule has 0 radical (unpaired) electrons. The van der Waals surface area contributed by atoms with Gasteiger partial charge in [-0.2, -0.15) is 10.4 Å². The Labute approximate surface area is 308 Å². The predicted octanol–water partition coefficient (Wildman–Crippen LogP) is 5.58. The molecule has 1 aliphatic rings. The third-order valence-corrected chi connectivity index (χ3v) is 9.25. The second kappa shape index (κ2) is 19.6. The van der Waals surface area contributed by atoms with Crippen molar-refractivity contribution >= 4 is 35.7 Å². The fraction of sp³-hybridized carbons (Fsp3) is 0.351. The first kappa shape index (κ1) is 40.5. The number of carbonyl (C=O) groups is 3. The summed E-state index contributed by atoms with van der Waals surface area (Å²) in [6.07, 6.45) is 7.40. The van der Waals surface area contributed by atoms with Gasteiger partial charge in [0.15, 0.2) is 18.0 Å². The first-order chi connectivity index (χ1) is 25.4. The molecule has 12 nitrogen and oxygen atoms in total. The van der Waals surface area contributed by atoms with E-state index in [9.17, 15) is 23.2 Å². The van der Waals surface area contributed by atoms with E-state index in [1.807, 2.05) is 6.07 Å². The Morgan fingerprint density at radius 3 is 2.57 bits per heavy atom. The Kier molecular flexibility index (Phi) is 15.0. The smallest absolute Gasteiger partial charge is 0.347 e. The number of hydrogen-bond acceptors (Lipinski definition) is 12. The minimum Gasteiger partial charge on any atom is -0.459 e. The number of hydrogen-bond donors (Lipinski definition) is 0. The Balaban J connectivity index is 1.51. The molecule has 16 heteroatoms. The van der Waals surface area contributed by atoms with Crippen LogP contribution < -0.4 is 0 Å². The lowest BCUT2D eigenvalue weighted by atomic mass is 9.89. The zero-order valence-electron chi connectivity index (χ0n) is 28.9. The SMILES string of the molecule is C=CCOC(=O)C(CCC(=O)O[C@@](Cn1cncn1)(c1ccc(F)cc1F)[C@@H](C)SC1COC(/C=C/C=C/c2ccc(C#N)cc2F)OC1)OC(C)=O. The number of aromatic nitrogens is 3. The van der Waals surface area contributed by atoms with Crippen LogP contribution in [0.15, 0.2) is 79.9 Å². The molecule has 0 amide bonds. The van der Waals surface area contributed by atoms with Gasteiger partial charge >= 0.3 is 17.9 Å². The number of rotatable bonds is 17. The van der Waals surface area contributed by atoms with Crippen molar-refractivity contribution in [2.45, 2.75) is 61.7 Å². The van der Waals surface area contributed by atoms with Crippen molar-refractivity contribution in [2.75, 3.05) is 19.8 Å². The Morgan fingerprint density at radius 1 is 1.15 bits per heavy atom. The van der Waals surface area contributed by atoms with Crippen LogP contribution in [0, 0.1) is 28.8 Å². The van der Waals surface area contributed by atoms with E-state index in [1.54, 1.807) is 25.2 Å². The van der Waals surface area contributed by atoms with Gasteiger partial charge in [-0.25, -0.2) is 27.6 Å². The number of esters is 3. The van der Waals surface area contributed by atoms with Crippen molar-refractivity contribution in [3.8, 4) is 6.07 Å². The summed E-state index contributed by atoms with van der Waals surface area (Å²) in [5.41, 5.74) is -1.46. The summed E-state index contributed by atoms with van der Waals surface area (Å²) in [5, 5.41) is 11.9. The molecule has 1 aliphatic heterocycles. The van der Waals surface area contributed by atoms with E-state index in [4.69, 9.17) is 28.9 Å². The molecule has 0 saturated carbocycles. The number of allylic oxidation sites excluding steroid dienone is 2. The summed E-state index contributed by atoms with van der Waals surface area (Å²) < 4.78 is 73.3. The van der Waals surface area contributed by atoms with Crippen LogP contribution >= 0.6 is 11.8 Å². The van der Waals surface area contributed by atoms with Gasteiger partial charge in [0.2, 0.25) is 0 Å². The van der Waals surface area contributed by atoms with Crippen LogP contribution in [0.2, 0.25) is 0 Å². The van der Waals surface area contributed by atoms with Crippen molar-refractivity contribution in [1.82, 2.24) is 14.8 Å². The van der Waals surface area contributed by atoms with E-state index < -0.39 is 65.0 Å². The number of halogens is 3. The van der Waals surface area contributed by atoms with Crippen LogP contribution in [-0.4, -0.2) is 75.4 Å². The number of nitrogens with zero attached hydrogens (tertiary/aromatic N) is 4. The summed E-state index contributed by atoms with van der Waals surface area (Å²) in [7, 11) is 0. The summed E-state index contributed by atoms with van der Waals surface area (Å²) in [6.45, 7) is 6.23. The van der Waals surface area contributed by atoms with Crippen LogP contribution in [0.1, 0.15) is 43.4 Å². The average Bonchev–Trinajstić information content (AvgIpc) is 3.64. The van der Waals surface area contributed by atoms with Crippen LogP contribution in [0.3, 0.4) is 0 Å². The summed E-state index contributed by atoms with van der Waals surface area (Å²) in [5.74, 6) is -4.91.